The van der Waals surface area contributed by atoms with Crippen LogP contribution in [0.25, 0.3) is 0 Å². The van der Waals surface area contributed by atoms with Gasteiger partial charge in [0.1, 0.15) is 6.10 Å². The number of nitrogens with one attached hydrogen (secondary N) is 1. The van der Waals surface area contributed by atoms with E-state index in [1.165, 1.54) is 45.4 Å². The molecule has 0 radical (unpaired) electrons. The van der Waals surface area contributed by atoms with E-state index in [-0.39, 0.29) is 35.0 Å². The average Bonchev–Trinajstić information content (AvgIpc) is 2.93. The predicted octanol–water partition coefficient (Wildman–Crippen LogP) is 1.44. The molecule has 0 aromatic carbocycles. The summed E-state index contributed by atoms with van der Waals surface area (Å²) in [5.41, 5.74) is 6.37. The Morgan fingerprint density at radius 3 is 2.42 bits per heavy atom. The highest BCUT2D eigenvalue weighted by Crippen LogP contribution is 2.32. The van der Waals surface area contributed by atoms with Crippen molar-refractivity contribution in [2.75, 3.05) is 33.9 Å². The number of fused-ring (bicyclic) bond motifs is 2. The van der Waals surface area contributed by atoms with Gasteiger partial charge >= 0.3 is 6.09 Å². The minimum atomic E-state index is -1.14. The van der Waals surface area contributed by atoms with Gasteiger partial charge in [-0.2, -0.15) is 0 Å². The molecule has 3 rings (SSSR count). The molecule has 6 unspecified atom stereocenters. The Kier molecular flexibility index (Phi) is 12.0. The van der Waals surface area contributed by atoms with Crippen LogP contribution in [-0.4, -0.2) is 97.0 Å². The first-order valence-corrected chi connectivity index (χ1v) is 14.4. The number of ketones is 2. The Balaban J connectivity index is 2.09. The van der Waals surface area contributed by atoms with Gasteiger partial charge < -0.3 is 40.4 Å². The van der Waals surface area contributed by atoms with E-state index in [4.69, 9.17) is 19.9 Å². The monoisotopic (exact) mass is 601 g/mol. The van der Waals surface area contributed by atoms with E-state index in [0.717, 1.165) is 6.42 Å². The van der Waals surface area contributed by atoms with Crippen LogP contribution in [0.1, 0.15) is 40.0 Å². The summed E-state index contributed by atoms with van der Waals surface area (Å²) in [6, 6.07) is 0. The van der Waals surface area contributed by atoms with Crippen LogP contribution < -0.4 is 11.1 Å². The number of amides is 2. The number of ether oxygens (including phenoxy) is 3. The minimum absolute atomic E-state index is 0.102. The number of carbonyl (C=O) groups excluding carboxylic acids is 4. The van der Waals surface area contributed by atoms with E-state index in [0.29, 0.717) is 30.8 Å². The standard InChI is InChI=1S/C31H43N3O9/c1-17-12-21-26(34-10-7-11-34)23(36)15-22(28(21)38)33-30(39)18(2)8-6-9-24(41-4)29(43-31(32)40)20(16-35)14-19(3)27(37)25(13-17)42-5/h6,8-9,14-15,17,19,24-25,27,29,35,37H,7,10-13,16H2,1-5H3,(H2,32,40)(H,33,39)/b9-6-,18-8+,20-14+. The third-order valence-electron chi connectivity index (χ3n) is 7.99. The molecule has 12 heteroatoms. The molecular weight excluding hydrogens is 558 g/mol. The zero-order valence-electron chi connectivity index (χ0n) is 25.4. The number of hydrogen-bond acceptors (Lipinski definition) is 10. The molecule has 236 valence electrons. The van der Waals surface area contributed by atoms with Crippen molar-refractivity contribution >= 4 is 23.6 Å². The second kappa shape index (κ2) is 15.2. The summed E-state index contributed by atoms with van der Waals surface area (Å²) in [7, 11) is 2.84. The highest BCUT2D eigenvalue weighted by molar-refractivity contribution is 6.23. The number of hydrogen-bond donors (Lipinski definition) is 4. The van der Waals surface area contributed by atoms with E-state index >= 15 is 0 Å². The van der Waals surface area contributed by atoms with Crippen molar-refractivity contribution in [2.24, 2.45) is 17.6 Å². The number of Topliss-reactive ketones (excluding diaryl/α,β-unsaturated/α-hetero) is 1. The third kappa shape index (κ3) is 8.29. The topological polar surface area (TPSA) is 178 Å². The number of nitrogens with zero attached hydrogens (tertiary/aromatic N) is 1. The maximum Gasteiger partial charge on any atom is 0.405 e. The average molecular weight is 602 g/mol. The lowest BCUT2D eigenvalue weighted by Crippen LogP contribution is -2.43. The zero-order chi connectivity index (χ0) is 31.8. The molecule has 2 amide bonds. The van der Waals surface area contributed by atoms with Crippen LogP contribution in [0.5, 0.6) is 0 Å². The van der Waals surface area contributed by atoms with Crippen molar-refractivity contribution in [2.45, 2.75) is 64.4 Å². The lowest BCUT2D eigenvalue weighted by Gasteiger charge is -2.37. The Morgan fingerprint density at radius 2 is 1.86 bits per heavy atom. The number of rotatable bonds is 5. The zero-order valence-corrected chi connectivity index (χ0v) is 25.4. The fourth-order valence-electron chi connectivity index (χ4n) is 5.46. The summed E-state index contributed by atoms with van der Waals surface area (Å²) < 4.78 is 16.5. The van der Waals surface area contributed by atoms with Crippen molar-refractivity contribution in [1.82, 2.24) is 10.2 Å². The lowest BCUT2D eigenvalue weighted by atomic mass is 9.84. The quantitative estimate of drug-likeness (QED) is 0.266. The largest absolute Gasteiger partial charge is 0.439 e. The second-order valence-corrected chi connectivity index (χ2v) is 11.2. The smallest absolute Gasteiger partial charge is 0.405 e. The van der Waals surface area contributed by atoms with Gasteiger partial charge in [-0.05, 0) is 37.7 Å². The number of primary amides is 1. The summed E-state index contributed by atoms with van der Waals surface area (Å²) in [5.74, 6) is -2.13. The predicted molar refractivity (Wildman–Crippen MR) is 157 cm³/mol. The molecule has 6 atom stereocenters. The molecule has 1 saturated heterocycles. The number of aliphatic hydroxyl groups is 2. The summed E-state index contributed by atoms with van der Waals surface area (Å²) >= 11 is 0. The number of methoxy groups -OCH3 is 2. The first kappa shape index (κ1) is 33.9. The minimum Gasteiger partial charge on any atom is -0.439 e. The molecule has 2 bridgehead atoms. The summed E-state index contributed by atoms with van der Waals surface area (Å²) in [4.78, 5) is 53.6. The van der Waals surface area contributed by atoms with Crippen LogP contribution in [0.15, 0.2) is 58.5 Å². The highest BCUT2D eigenvalue weighted by atomic mass is 16.6. The molecule has 0 aromatic heterocycles. The Bertz CT molecular complexity index is 1240. The third-order valence-corrected chi connectivity index (χ3v) is 7.99. The summed E-state index contributed by atoms with van der Waals surface area (Å²) in [5, 5.41) is 24.1. The molecule has 43 heavy (non-hydrogen) atoms. The summed E-state index contributed by atoms with van der Waals surface area (Å²) in [6.45, 7) is 5.97. The van der Waals surface area contributed by atoms with Crippen LogP contribution in [-0.2, 0) is 28.6 Å². The van der Waals surface area contributed by atoms with Crippen LogP contribution in [0, 0.1) is 11.8 Å². The van der Waals surface area contributed by atoms with Gasteiger partial charge in [-0.3, -0.25) is 14.4 Å². The van der Waals surface area contributed by atoms with Gasteiger partial charge in [0.05, 0.1) is 30.2 Å². The lowest BCUT2D eigenvalue weighted by molar-refractivity contribution is -0.120. The Hall–Kier alpha value is -3.58. The van der Waals surface area contributed by atoms with E-state index in [2.05, 4.69) is 5.32 Å². The van der Waals surface area contributed by atoms with Crippen molar-refractivity contribution in [3.8, 4) is 0 Å². The van der Waals surface area contributed by atoms with Gasteiger partial charge in [0.15, 0.2) is 6.10 Å². The fraction of sp³-hybridized carbons (Fsp3) is 0.548. The summed E-state index contributed by atoms with van der Waals surface area (Å²) in [6.07, 6.45) is 3.83. The van der Waals surface area contributed by atoms with Crippen LogP contribution >= 0.6 is 0 Å². The number of aliphatic hydroxyl groups excluding tert-OH is 2. The molecule has 1 aliphatic carbocycles. The Labute approximate surface area is 251 Å². The molecule has 3 aliphatic rings. The van der Waals surface area contributed by atoms with Gasteiger partial charge in [-0.1, -0.05) is 38.2 Å². The second-order valence-electron chi connectivity index (χ2n) is 11.2. The van der Waals surface area contributed by atoms with Gasteiger partial charge in [-0.25, -0.2) is 4.79 Å². The molecule has 12 nitrogen and oxygen atoms in total. The van der Waals surface area contributed by atoms with Crippen molar-refractivity contribution in [1.29, 1.82) is 0 Å². The first-order chi connectivity index (χ1) is 20.4. The van der Waals surface area contributed by atoms with E-state index in [1.54, 1.807) is 13.0 Å². The van der Waals surface area contributed by atoms with Gasteiger partial charge in [0.25, 0.3) is 5.91 Å². The van der Waals surface area contributed by atoms with Crippen LogP contribution in [0.3, 0.4) is 0 Å². The first-order valence-electron chi connectivity index (χ1n) is 14.4. The number of carbonyl (C=O) groups is 4. The molecule has 0 aromatic rings. The molecule has 0 saturated carbocycles. The molecule has 0 spiro atoms. The van der Waals surface area contributed by atoms with E-state index < -0.39 is 54.7 Å². The van der Waals surface area contributed by atoms with Crippen molar-refractivity contribution in [3.63, 3.8) is 0 Å². The number of allylic oxidation sites excluding steroid dienone is 4. The molecule has 5 N–H and O–H groups in total. The number of nitrogens with two attached hydrogens (primary N) is 1. The van der Waals surface area contributed by atoms with Crippen LogP contribution in [0.4, 0.5) is 4.79 Å². The molecule has 2 heterocycles. The fourth-order valence-corrected chi connectivity index (χ4v) is 5.46. The van der Waals surface area contributed by atoms with Gasteiger partial charge in [-0.15, -0.1) is 0 Å². The molecule has 1 fully saturated rings. The van der Waals surface area contributed by atoms with E-state index in [1.807, 2.05) is 11.8 Å². The molecular formula is C31H43N3O9. The van der Waals surface area contributed by atoms with Crippen LogP contribution in [0.2, 0.25) is 0 Å². The highest BCUT2D eigenvalue weighted by Gasteiger charge is 2.36. The number of likely N-dealkylation sites (tertiary alicyclic amines) is 1. The molecule has 2 aliphatic heterocycles. The van der Waals surface area contributed by atoms with Crippen molar-refractivity contribution < 1.29 is 43.6 Å². The van der Waals surface area contributed by atoms with E-state index in [9.17, 15) is 29.4 Å². The van der Waals surface area contributed by atoms with Crippen molar-refractivity contribution in [3.05, 3.63) is 58.5 Å². The van der Waals surface area contributed by atoms with Gasteiger partial charge in [0, 0.05) is 50.4 Å². The van der Waals surface area contributed by atoms with Gasteiger partial charge in [0.2, 0.25) is 11.6 Å². The SMILES string of the molecule is COC1/C=C\C=C(/C)C(=O)NC2=CC(=O)C(N3CCC3)=C(CC(C)CC(OC)C(O)C(C)/C=C(\CO)C1OC(N)=O)C2=O. The maximum absolute atomic E-state index is 13.7. The maximum atomic E-state index is 13.7. The normalized spacial score (nSPS) is 33.0. The Morgan fingerprint density at radius 1 is 1.16 bits per heavy atom.